The molecule has 0 aliphatic heterocycles. The molecule has 0 bridgehead atoms. The van der Waals surface area contributed by atoms with Gasteiger partial charge in [0.25, 0.3) is 0 Å². The molecule has 7 rings (SSSR count). The second-order valence-corrected chi connectivity index (χ2v) is 14.4. The van der Waals surface area contributed by atoms with Crippen molar-refractivity contribution in [2.75, 3.05) is 9.80 Å². The topological polar surface area (TPSA) is 6.48 Å². The molecule has 246 valence electrons. The minimum absolute atomic E-state index is 0.427. The van der Waals surface area contributed by atoms with Gasteiger partial charge >= 0.3 is 0 Å². The molecule has 0 aromatic heterocycles. The van der Waals surface area contributed by atoms with Crippen LogP contribution in [-0.2, 0) is 0 Å². The number of aryl methyl sites for hydroxylation is 6. The minimum atomic E-state index is 0.427. The van der Waals surface area contributed by atoms with Crippen LogP contribution in [-0.4, -0.2) is 0 Å². The fourth-order valence-corrected chi connectivity index (χ4v) is 7.35. The average molecular weight is 641 g/mol. The number of benzene rings is 6. The van der Waals surface area contributed by atoms with Crippen molar-refractivity contribution in [3.63, 3.8) is 0 Å². The van der Waals surface area contributed by atoms with Crippen LogP contribution in [0.25, 0.3) is 21.5 Å². The molecule has 0 heterocycles. The molecule has 0 radical (unpaired) electrons. The first-order chi connectivity index (χ1) is 23.5. The van der Waals surface area contributed by atoms with Gasteiger partial charge in [0.05, 0.1) is 11.4 Å². The lowest BCUT2D eigenvalue weighted by Crippen LogP contribution is -2.22. The summed E-state index contributed by atoms with van der Waals surface area (Å²) in [4.78, 5) is 5.02. The van der Waals surface area contributed by atoms with E-state index in [0.29, 0.717) is 11.8 Å². The molecule has 1 aliphatic carbocycles. The molecule has 2 atom stereocenters. The van der Waals surface area contributed by atoms with E-state index in [9.17, 15) is 0 Å². The van der Waals surface area contributed by atoms with Crippen molar-refractivity contribution in [3.05, 3.63) is 160 Å². The summed E-state index contributed by atoms with van der Waals surface area (Å²) in [6.45, 7) is 20.2. The number of hydrogen-bond donors (Lipinski definition) is 0. The SMILES string of the molecule is CC1=CC(N(c2ccc(C)c(C)c2)c2c3ccccc3c(N(c3ccc(C)c(C)c3)c3ccc(C)c(C)c3)c3ccccc23)=CC(C)C1C. The molecule has 6 aromatic carbocycles. The Morgan fingerprint density at radius 2 is 0.796 bits per heavy atom. The van der Waals surface area contributed by atoms with Gasteiger partial charge in [0.2, 0.25) is 0 Å². The second-order valence-electron chi connectivity index (χ2n) is 14.4. The van der Waals surface area contributed by atoms with Crippen molar-refractivity contribution in [1.82, 2.24) is 0 Å². The third-order valence-corrected chi connectivity index (χ3v) is 11.1. The molecule has 6 aromatic rings. The Kier molecular flexibility index (Phi) is 8.45. The van der Waals surface area contributed by atoms with Gasteiger partial charge in [-0.15, -0.1) is 0 Å². The number of fused-ring (bicyclic) bond motifs is 2. The third-order valence-electron chi connectivity index (χ3n) is 11.1. The van der Waals surface area contributed by atoms with Crippen molar-refractivity contribution in [1.29, 1.82) is 0 Å². The molecule has 49 heavy (non-hydrogen) atoms. The summed E-state index contributed by atoms with van der Waals surface area (Å²) in [6, 6.07) is 38.7. The zero-order valence-electron chi connectivity index (χ0n) is 30.5. The van der Waals surface area contributed by atoms with Gasteiger partial charge in [0.1, 0.15) is 0 Å². The van der Waals surface area contributed by atoms with E-state index >= 15 is 0 Å². The Morgan fingerprint density at radius 3 is 1.16 bits per heavy atom. The molecule has 1 aliphatic rings. The first-order valence-corrected chi connectivity index (χ1v) is 17.7. The lowest BCUT2D eigenvalue weighted by atomic mass is 9.84. The monoisotopic (exact) mass is 640 g/mol. The van der Waals surface area contributed by atoms with E-state index in [1.54, 1.807) is 0 Å². The highest BCUT2D eigenvalue weighted by Gasteiger charge is 2.28. The number of nitrogens with zero attached hydrogens (tertiary/aromatic N) is 2. The van der Waals surface area contributed by atoms with E-state index < -0.39 is 0 Å². The van der Waals surface area contributed by atoms with Gasteiger partial charge in [-0.1, -0.05) is 92.2 Å². The van der Waals surface area contributed by atoms with Gasteiger partial charge < -0.3 is 9.80 Å². The fraction of sp³-hybridized carbons (Fsp3) is 0.234. The quantitative estimate of drug-likeness (QED) is 0.132. The lowest BCUT2D eigenvalue weighted by Gasteiger charge is -2.35. The van der Waals surface area contributed by atoms with Crippen molar-refractivity contribution in [2.24, 2.45) is 11.8 Å². The predicted molar refractivity (Wildman–Crippen MR) is 213 cm³/mol. The van der Waals surface area contributed by atoms with Crippen LogP contribution in [0.15, 0.2) is 127 Å². The maximum absolute atomic E-state index is 2.53. The highest BCUT2D eigenvalue weighted by Crippen LogP contribution is 2.51. The van der Waals surface area contributed by atoms with Crippen LogP contribution in [0.3, 0.4) is 0 Å². The summed E-state index contributed by atoms with van der Waals surface area (Å²) in [7, 11) is 0. The van der Waals surface area contributed by atoms with Gasteiger partial charge in [-0.2, -0.15) is 0 Å². The average Bonchev–Trinajstić information content (AvgIpc) is 3.09. The minimum Gasteiger partial charge on any atom is -0.310 e. The molecule has 2 unspecified atom stereocenters. The van der Waals surface area contributed by atoms with Gasteiger partial charge in [0, 0.05) is 44.3 Å². The molecule has 0 saturated carbocycles. The number of rotatable bonds is 6. The van der Waals surface area contributed by atoms with Crippen LogP contribution in [0.1, 0.15) is 54.2 Å². The molecule has 2 nitrogen and oxygen atoms in total. The van der Waals surface area contributed by atoms with Crippen LogP contribution in [0, 0.1) is 53.4 Å². The van der Waals surface area contributed by atoms with Crippen LogP contribution in [0.5, 0.6) is 0 Å². The zero-order valence-corrected chi connectivity index (χ0v) is 30.5. The first-order valence-electron chi connectivity index (χ1n) is 17.7. The van der Waals surface area contributed by atoms with Gasteiger partial charge in [-0.3, -0.25) is 0 Å². The summed E-state index contributed by atoms with van der Waals surface area (Å²) in [5.41, 5.74) is 16.3. The summed E-state index contributed by atoms with van der Waals surface area (Å²) < 4.78 is 0. The molecule has 0 N–H and O–H groups in total. The fourth-order valence-electron chi connectivity index (χ4n) is 7.35. The molecular formula is C47H48N2. The van der Waals surface area contributed by atoms with Crippen LogP contribution >= 0.6 is 0 Å². The third kappa shape index (κ3) is 5.74. The van der Waals surface area contributed by atoms with Gasteiger partial charge in [-0.05, 0) is 136 Å². The Hall–Kier alpha value is -5.08. The first kappa shape index (κ1) is 32.5. The van der Waals surface area contributed by atoms with Crippen molar-refractivity contribution >= 4 is 50.0 Å². The van der Waals surface area contributed by atoms with Crippen LogP contribution in [0.4, 0.5) is 28.4 Å². The lowest BCUT2D eigenvalue weighted by molar-refractivity contribution is 0.518. The molecule has 2 heteroatoms. The number of anilines is 5. The van der Waals surface area contributed by atoms with Crippen molar-refractivity contribution in [2.45, 2.75) is 62.3 Å². The Morgan fingerprint density at radius 1 is 0.429 bits per heavy atom. The predicted octanol–water partition coefficient (Wildman–Crippen LogP) is 13.6. The van der Waals surface area contributed by atoms with Gasteiger partial charge in [0.15, 0.2) is 0 Å². The molecular weight excluding hydrogens is 593 g/mol. The normalized spacial score (nSPS) is 16.1. The van der Waals surface area contributed by atoms with E-state index in [4.69, 9.17) is 0 Å². The Bertz CT molecular complexity index is 2190. The maximum Gasteiger partial charge on any atom is 0.0619 e. The largest absolute Gasteiger partial charge is 0.310 e. The highest BCUT2D eigenvalue weighted by atomic mass is 15.2. The summed E-state index contributed by atoms with van der Waals surface area (Å²) in [5, 5.41) is 4.90. The molecule has 0 amide bonds. The molecule has 0 spiro atoms. The van der Waals surface area contributed by atoms with E-state index in [1.165, 1.54) is 83.3 Å². The maximum atomic E-state index is 2.53. The molecule has 0 saturated heterocycles. The van der Waals surface area contributed by atoms with Crippen molar-refractivity contribution in [3.8, 4) is 0 Å². The number of hydrogen-bond acceptors (Lipinski definition) is 2. The Labute approximate surface area is 293 Å². The smallest absolute Gasteiger partial charge is 0.0619 e. The summed E-state index contributed by atoms with van der Waals surface area (Å²) >= 11 is 0. The van der Waals surface area contributed by atoms with Crippen LogP contribution < -0.4 is 9.80 Å². The van der Waals surface area contributed by atoms with Crippen LogP contribution in [0.2, 0.25) is 0 Å². The molecule has 0 fully saturated rings. The van der Waals surface area contributed by atoms with E-state index in [1.807, 2.05) is 0 Å². The van der Waals surface area contributed by atoms with E-state index in [2.05, 4.69) is 187 Å². The highest BCUT2D eigenvalue weighted by molar-refractivity contribution is 6.23. The standard InChI is InChI=1S/C47H48N2/c1-29-18-21-38(24-32(29)4)48(39-22-19-30(2)33(5)25-39)46-42-14-10-12-16-44(42)47(45-17-13-11-15-43(45)46)49(40-23-20-31(3)34(6)26-40)41-27-35(7)37(9)36(8)28-41/h10-28,35,37H,1-9H3. The summed E-state index contributed by atoms with van der Waals surface area (Å²) in [5.74, 6) is 0.932. The number of allylic oxidation sites excluding steroid dienone is 3. The van der Waals surface area contributed by atoms with E-state index in [0.717, 1.165) is 11.4 Å². The van der Waals surface area contributed by atoms with E-state index in [-0.39, 0.29) is 0 Å². The van der Waals surface area contributed by atoms with Gasteiger partial charge in [-0.25, -0.2) is 0 Å². The Balaban J connectivity index is 1.61. The second kappa shape index (κ2) is 12.7. The summed E-state index contributed by atoms with van der Waals surface area (Å²) in [6.07, 6.45) is 4.88. The van der Waals surface area contributed by atoms with Crippen molar-refractivity contribution < 1.29 is 0 Å². The zero-order chi connectivity index (χ0) is 34.6.